The number of halogens is 1. The lowest BCUT2D eigenvalue weighted by Crippen LogP contribution is -2.32. The summed E-state index contributed by atoms with van der Waals surface area (Å²) in [6, 6.07) is 18.1. The molecule has 1 amide bonds. The van der Waals surface area contributed by atoms with Crippen molar-refractivity contribution in [3.8, 4) is 5.75 Å². The zero-order valence-electron chi connectivity index (χ0n) is 20.0. The van der Waals surface area contributed by atoms with E-state index in [1.807, 2.05) is 12.1 Å². The van der Waals surface area contributed by atoms with E-state index in [9.17, 15) is 17.6 Å². The largest absolute Gasteiger partial charge is 0.492 e. The molecule has 0 saturated heterocycles. The van der Waals surface area contributed by atoms with Gasteiger partial charge in [-0.3, -0.25) is 4.79 Å². The number of hydrogen-bond donors (Lipinski definition) is 1. The number of benzene rings is 3. The van der Waals surface area contributed by atoms with Gasteiger partial charge in [-0.15, -0.1) is 0 Å². The van der Waals surface area contributed by atoms with E-state index in [-0.39, 0.29) is 48.3 Å². The molecule has 3 aromatic rings. The molecule has 35 heavy (non-hydrogen) atoms. The van der Waals surface area contributed by atoms with Crippen molar-refractivity contribution in [2.75, 3.05) is 13.2 Å². The van der Waals surface area contributed by atoms with Gasteiger partial charge in [0.1, 0.15) is 18.2 Å². The van der Waals surface area contributed by atoms with Gasteiger partial charge in [0, 0.05) is 36.3 Å². The van der Waals surface area contributed by atoms with E-state index in [0.29, 0.717) is 22.4 Å². The minimum Gasteiger partial charge on any atom is -0.492 e. The molecule has 1 heterocycles. The van der Waals surface area contributed by atoms with Gasteiger partial charge in [-0.25, -0.2) is 12.8 Å². The Morgan fingerprint density at radius 2 is 1.77 bits per heavy atom. The smallest absolute Gasteiger partial charge is 0.251 e. The number of nitrogens with zero attached hydrogens (tertiary/aromatic N) is 1. The van der Waals surface area contributed by atoms with E-state index in [4.69, 9.17) is 4.74 Å². The van der Waals surface area contributed by atoms with Crippen LogP contribution in [0.3, 0.4) is 0 Å². The molecular formula is C27H29FN2O4S. The van der Waals surface area contributed by atoms with Crippen LogP contribution in [0.15, 0.2) is 71.6 Å². The number of fused-ring (bicyclic) bond motifs is 1. The lowest BCUT2D eigenvalue weighted by Gasteiger charge is -2.22. The number of nitrogens with one attached hydrogen (secondary N) is 1. The Morgan fingerprint density at radius 1 is 1.06 bits per heavy atom. The van der Waals surface area contributed by atoms with Gasteiger partial charge in [0.25, 0.3) is 5.91 Å². The molecule has 0 radical (unpaired) electrons. The topological polar surface area (TPSA) is 75.7 Å². The van der Waals surface area contributed by atoms with Crippen LogP contribution in [0.2, 0.25) is 0 Å². The summed E-state index contributed by atoms with van der Waals surface area (Å²) in [7, 11) is -3.76. The predicted molar refractivity (Wildman–Crippen MR) is 132 cm³/mol. The second-order valence-corrected chi connectivity index (χ2v) is 11.5. The van der Waals surface area contributed by atoms with Gasteiger partial charge in [-0.2, -0.15) is 4.31 Å². The van der Waals surface area contributed by atoms with E-state index in [2.05, 4.69) is 26.1 Å². The average Bonchev–Trinajstić information content (AvgIpc) is 3.05. The van der Waals surface area contributed by atoms with Crippen molar-refractivity contribution in [1.82, 2.24) is 9.62 Å². The van der Waals surface area contributed by atoms with Crippen LogP contribution in [-0.2, 0) is 28.5 Å². The number of hydrogen-bond acceptors (Lipinski definition) is 4. The summed E-state index contributed by atoms with van der Waals surface area (Å²) in [4.78, 5) is 12.9. The number of carbonyl (C=O) groups excluding carboxylic acids is 1. The van der Waals surface area contributed by atoms with Crippen LogP contribution in [0.1, 0.15) is 47.8 Å². The highest BCUT2D eigenvalue weighted by atomic mass is 32.2. The maximum absolute atomic E-state index is 13.9. The Hall–Kier alpha value is -3.23. The number of carbonyl (C=O) groups is 1. The zero-order valence-corrected chi connectivity index (χ0v) is 20.9. The Balaban J connectivity index is 1.53. The SMILES string of the molecule is CC(C)(C)c1ccc(S(=O)(=O)N2CCOc3ccc(C(=O)NCc4ccccc4F)cc3C2)cc1. The fourth-order valence-corrected chi connectivity index (χ4v) is 5.31. The van der Waals surface area contributed by atoms with Gasteiger partial charge >= 0.3 is 0 Å². The number of ether oxygens (including phenoxy) is 1. The fourth-order valence-electron chi connectivity index (χ4n) is 3.91. The number of rotatable bonds is 5. The molecule has 1 N–H and O–H groups in total. The van der Waals surface area contributed by atoms with E-state index in [1.54, 1.807) is 48.5 Å². The molecule has 1 aliphatic heterocycles. The van der Waals surface area contributed by atoms with Crippen molar-refractivity contribution in [3.05, 3.63) is 94.8 Å². The Morgan fingerprint density at radius 3 is 2.46 bits per heavy atom. The highest BCUT2D eigenvalue weighted by Crippen LogP contribution is 2.29. The van der Waals surface area contributed by atoms with Crippen molar-refractivity contribution in [2.45, 2.75) is 44.2 Å². The molecule has 0 aromatic heterocycles. The maximum atomic E-state index is 13.9. The monoisotopic (exact) mass is 496 g/mol. The summed E-state index contributed by atoms with van der Waals surface area (Å²) in [6.07, 6.45) is 0. The number of sulfonamides is 1. The zero-order chi connectivity index (χ0) is 25.2. The summed E-state index contributed by atoms with van der Waals surface area (Å²) < 4.78 is 47.7. The van der Waals surface area contributed by atoms with Crippen molar-refractivity contribution in [1.29, 1.82) is 0 Å². The van der Waals surface area contributed by atoms with E-state index in [1.165, 1.54) is 10.4 Å². The molecule has 0 atom stereocenters. The molecule has 0 bridgehead atoms. The average molecular weight is 497 g/mol. The third-order valence-corrected chi connectivity index (χ3v) is 7.88. The summed E-state index contributed by atoms with van der Waals surface area (Å²) in [5, 5.41) is 2.71. The van der Waals surface area contributed by atoms with Crippen LogP contribution in [-0.4, -0.2) is 31.8 Å². The molecule has 6 nitrogen and oxygen atoms in total. The van der Waals surface area contributed by atoms with Gasteiger partial charge in [0.15, 0.2) is 0 Å². The normalized spacial score (nSPS) is 14.5. The molecule has 0 spiro atoms. The van der Waals surface area contributed by atoms with E-state index >= 15 is 0 Å². The van der Waals surface area contributed by atoms with Gasteiger partial charge < -0.3 is 10.1 Å². The lowest BCUT2D eigenvalue weighted by atomic mass is 9.87. The van der Waals surface area contributed by atoms with Gasteiger partial charge in [0.05, 0.1) is 4.90 Å². The summed E-state index contributed by atoms with van der Waals surface area (Å²) in [5.74, 6) is -0.233. The molecule has 1 aliphatic rings. The first-order valence-electron chi connectivity index (χ1n) is 11.4. The molecule has 184 valence electrons. The molecule has 3 aromatic carbocycles. The van der Waals surface area contributed by atoms with Crippen molar-refractivity contribution in [3.63, 3.8) is 0 Å². The predicted octanol–water partition coefficient (Wildman–Crippen LogP) is 4.64. The molecule has 0 fully saturated rings. The molecule has 8 heteroatoms. The van der Waals surface area contributed by atoms with E-state index < -0.39 is 10.0 Å². The third-order valence-electron chi connectivity index (χ3n) is 6.02. The first kappa shape index (κ1) is 24.9. The minimum atomic E-state index is -3.76. The summed E-state index contributed by atoms with van der Waals surface area (Å²) in [6.45, 7) is 6.73. The standard InChI is InChI=1S/C27H29FN2O4S/c1-27(2,3)22-9-11-23(12-10-22)35(32,33)30-14-15-34-25-13-8-19(16-21(25)18-30)26(31)29-17-20-6-4-5-7-24(20)28/h4-13,16H,14-15,17-18H2,1-3H3,(H,29,31). The first-order valence-corrected chi connectivity index (χ1v) is 12.9. The molecule has 0 saturated carbocycles. The lowest BCUT2D eigenvalue weighted by molar-refractivity contribution is 0.0950. The molecule has 0 unspecified atom stereocenters. The Kier molecular flexibility index (Phi) is 6.96. The Bertz CT molecular complexity index is 1330. The van der Waals surface area contributed by atoms with Crippen LogP contribution < -0.4 is 10.1 Å². The fraction of sp³-hybridized carbons (Fsp3) is 0.296. The van der Waals surface area contributed by atoms with Crippen molar-refractivity contribution in [2.24, 2.45) is 0 Å². The summed E-state index contributed by atoms with van der Waals surface area (Å²) >= 11 is 0. The number of amides is 1. The van der Waals surface area contributed by atoms with Gasteiger partial charge in [-0.05, 0) is 47.4 Å². The minimum absolute atomic E-state index is 0.0458. The molecular weight excluding hydrogens is 467 g/mol. The highest BCUT2D eigenvalue weighted by Gasteiger charge is 2.28. The second-order valence-electron chi connectivity index (χ2n) is 9.56. The molecule has 0 aliphatic carbocycles. The van der Waals surface area contributed by atoms with Crippen LogP contribution in [0, 0.1) is 5.82 Å². The first-order chi connectivity index (χ1) is 16.6. The van der Waals surface area contributed by atoms with Gasteiger partial charge in [0.2, 0.25) is 10.0 Å². The van der Waals surface area contributed by atoms with Gasteiger partial charge in [-0.1, -0.05) is 51.1 Å². The van der Waals surface area contributed by atoms with E-state index in [0.717, 1.165) is 5.56 Å². The second kappa shape index (κ2) is 9.79. The van der Waals surface area contributed by atoms with Crippen LogP contribution in [0.5, 0.6) is 5.75 Å². The van der Waals surface area contributed by atoms with Crippen molar-refractivity contribution >= 4 is 15.9 Å². The highest BCUT2D eigenvalue weighted by molar-refractivity contribution is 7.89. The summed E-state index contributed by atoms with van der Waals surface area (Å²) in [5.41, 5.74) is 2.29. The van der Waals surface area contributed by atoms with Crippen LogP contribution in [0.25, 0.3) is 0 Å². The van der Waals surface area contributed by atoms with Crippen LogP contribution >= 0.6 is 0 Å². The molecule has 4 rings (SSSR count). The van der Waals surface area contributed by atoms with Crippen LogP contribution in [0.4, 0.5) is 4.39 Å². The quantitative estimate of drug-likeness (QED) is 0.559. The Labute approximate surface area is 205 Å². The maximum Gasteiger partial charge on any atom is 0.251 e. The third kappa shape index (κ3) is 5.55. The van der Waals surface area contributed by atoms with Crippen molar-refractivity contribution < 1.29 is 22.3 Å².